The van der Waals surface area contributed by atoms with E-state index in [1.54, 1.807) is 6.07 Å². The first-order valence-electron chi connectivity index (χ1n) is 10.1. The maximum Gasteiger partial charge on any atom is 0.408 e. The third-order valence-corrected chi connectivity index (χ3v) is 5.33. The molecule has 174 valence electrons. The van der Waals surface area contributed by atoms with Gasteiger partial charge in [0.1, 0.15) is 18.4 Å². The number of hydrogen-bond donors (Lipinski definition) is 3. The molecule has 0 aliphatic rings. The van der Waals surface area contributed by atoms with E-state index in [4.69, 9.17) is 9.47 Å². The molecule has 2 aromatic rings. The zero-order valence-corrected chi connectivity index (χ0v) is 19.4. The minimum atomic E-state index is -3.55. The predicted octanol–water partition coefficient (Wildman–Crippen LogP) is 3.35. The molecule has 0 aliphatic heterocycles. The fraction of sp³-hybridized carbons (Fsp3) is 0.364. The number of amides is 2. The van der Waals surface area contributed by atoms with Crippen molar-refractivity contribution in [3.8, 4) is 5.75 Å². The molecule has 10 heteroatoms. The summed E-state index contributed by atoms with van der Waals surface area (Å²) < 4.78 is 36.0. The van der Waals surface area contributed by atoms with Crippen molar-refractivity contribution in [2.45, 2.75) is 32.9 Å². The van der Waals surface area contributed by atoms with Gasteiger partial charge in [0.05, 0.1) is 19.1 Å². The summed E-state index contributed by atoms with van der Waals surface area (Å²) in [5.41, 5.74) is 1.36. The number of carbonyl (C=O) groups is 2. The van der Waals surface area contributed by atoms with Gasteiger partial charge in [-0.1, -0.05) is 50.6 Å². The van der Waals surface area contributed by atoms with E-state index in [0.717, 1.165) is 11.8 Å². The van der Waals surface area contributed by atoms with Gasteiger partial charge in [0.15, 0.2) is 0 Å². The zero-order valence-electron chi connectivity index (χ0n) is 18.5. The number of nitrogens with one attached hydrogen (secondary N) is 3. The van der Waals surface area contributed by atoms with Crippen LogP contribution in [0.15, 0.2) is 48.5 Å². The second-order valence-corrected chi connectivity index (χ2v) is 9.10. The molecule has 0 bridgehead atoms. The molecule has 0 saturated carbocycles. The molecule has 2 rings (SSSR count). The predicted molar refractivity (Wildman–Crippen MR) is 123 cm³/mol. The molecule has 0 radical (unpaired) electrons. The Balaban J connectivity index is 2.10. The molecule has 0 aromatic heterocycles. The summed E-state index contributed by atoms with van der Waals surface area (Å²) in [6, 6.07) is 12.9. The quantitative estimate of drug-likeness (QED) is 0.497. The Morgan fingerprint density at radius 2 is 1.78 bits per heavy atom. The third kappa shape index (κ3) is 7.77. The van der Waals surface area contributed by atoms with E-state index in [-0.39, 0.29) is 18.2 Å². The molecule has 0 spiro atoms. The Bertz CT molecular complexity index is 1030. The Labute approximate surface area is 188 Å². The fourth-order valence-corrected chi connectivity index (χ4v) is 3.44. The average molecular weight is 464 g/mol. The van der Waals surface area contributed by atoms with Crippen molar-refractivity contribution in [3.63, 3.8) is 0 Å². The Morgan fingerprint density at radius 1 is 1.09 bits per heavy atom. The standard InChI is InChI=1S/C22H29N3O6S/c1-5-15(2)20(24-22(27)31-14-16-9-7-6-8-10-16)21(26)23-17-11-12-19(30-3)18(13-17)25-32(4,28)29/h6-13,15,20,25H,5,14H2,1-4H3,(H,23,26)(H,24,27)/t15-,20-/m0/s1. The summed E-state index contributed by atoms with van der Waals surface area (Å²) >= 11 is 0. The third-order valence-electron chi connectivity index (χ3n) is 4.74. The molecule has 0 aliphatic carbocycles. The van der Waals surface area contributed by atoms with E-state index in [2.05, 4.69) is 15.4 Å². The molecule has 32 heavy (non-hydrogen) atoms. The summed E-state index contributed by atoms with van der Waals surface area (Å²) in [6.07, 6.45) is 0.950. The van der Waals surface area contributed by atoms with Gasteiger partial charge in [-0.05, 0) is 29.7 Å². The van der Waals surface area contributed by atoms with E-state index >= 15 is 0 Å². The normalized spacial score (nSPS) is 12.9. The number of rotatable bonds is 10. The molecule has 2 aromatic carbocycles. The van der Waals surface area contributed by atoms with E-state index in [0.29, 0.717) is 17.9 Å². The molecular formula is C22H29N3O6S. The molecule has 0 heterocycles. The van der Waals surface area contributed by atoms with Crippen LogP contribution in [0.1, 0.15) is 25.8 Å². The van der Waals surface area contributed by atoms with Gasteiger partial charge in [-0.3, -0.25) is 9.52 Å². The largest absolute Gasteiger partial charge is 0.495 e. The summed E-state index contributed by atoms with van der Waals surface area (Å²) in [6.45, 7) is 3.83. The highest BCUT2D eigenvalue weighted by Crippen LogP contribution is 2.28. The summed E-state index contributed by atoms with van der Waals surface area (Å²) in [7, 11) is -2.14. The molecule has 2 amide bonds. The number of carbonyl (C=O) groups excluding carboxylic acids is 2. The van der Waals surface area contributed by atoms with Crippen LogP contribution in [0.25, 0.3) is 0 Å². The molecule has 0 fully saturated rings. The lowest BCUT2D eigenvalue weighted by Crippen LogP contribution is -2.47. The van der Waals surface area contributed by atoms with Gasteiger partial charge in [-0.15, -0.1) is 0 Å². The zero-order chi connectivity index (χ0) is 23.7. The Hall–Kier alpha value is -3.27. The number of alkyl carbamates (subject to hydrolysis) is 1. The van der Waals surface area contributed by atoms with Gasteiger partial charge in [-0.25, -0.2) is 13.2 Å². The van der Waals surface area contributed by atoms with E-state index in [9.17, 15) is 18.0 Å². The summed E-state index contributed by atoms with van der Waals surface area (Å²) in [5, 5.41) is 5.34. The van der Waals surface area contributed by atoms with Crippen LogP contribution in [0.2, 0.25) is 0 Å². The van der Waals surface area contributed by atoms with Gasteiger partial charge in [0.2, 0.25) is 15.9 Å². The first-order chi connectivity index (χ1) is 15.1. The topological polar surface area (TPSA) is 123 Å². The molecule has 0 saturated heterocycles. The monoisotopic (exact) mass is 463 g/mol. The van der Waals surface area contributed by atoms with Gasteiger partial charge in [0.25, 0.3) is 0 Å². The maximum absolute atomic E-state index is 12.9. The minimum Gasteiger partial charge on any atom is -0.495 e. The van der Waals surface area contributed by atoms with Crippen molar-refractivity contribution in [1.82, 2.24) is 5.32 Å². The molecule has 3 N–H and O–H groups in total. The molecular weight excluding hydrogens is 434 g/mol. The highest BCUT2D eigenvalue weighted by molar-refractivity contribution is 7.92. The molecule has 0 unspecified atom stereocenters. The van der Waals surface area contributed by atoms with Crippen LogP contribution >= 0.6 is 0 Å². The van der Waals surface area contributed by atoms with Crippen LogP contribution in [-0.4, -0.2) is 39.8 Å². The lowest BCUT2D eigenvalue weighted by Gasteiger charge is -2.23. The van der Waals surface area contributed by atoms with Gasteiger partial charge in [-0.2, -0.15) is 0 Å². The second-order valence-electron chi connectivity index (χ2n) is 7.35. The van der Waals surface area contributed by atoms with Crippen molar-refractivity contribution in [2.24, 2.45) is 5.92 Å². The number of hydrogen-bond acceptors (Lipinski definition) is 6. The van der Waals surface area contributed by atoms with Crippen molar-refractivity contribution < 1.29 is 27.5 Å². The fourth-order valence-electron chi connectivity index (χ4n) is 2.88. The van der Waals surface area contributed by atoms with Gasteiger partial charge in [0, 0.05) is 5.69 Å². The average Bonchev–Trinajstić information content (AvgIpc) is 2.75. The number of methoxy groups -OCH3 is 1. The van der Waals surface area contributed by atoms with Crippen LogP contribution in [0.4, 0.5) is 16.2 Å². The van der Waals surface area contributed by atoms with Crippen LogP contribution in [0.5, 0.6) is 5.75 Å². The Morgan fingerprint density at radius 3 is 2.38 bits per heavy atom. The van der Waals surface area contributed by atoms with E-state index < -0.39 is 28.1 Å². The van der Waals surface area contributed by atoms with Crippen molar-refractivity contribution >= 4 is 33.4 Å². The number of ether oxygens (including phenoxy) is 2. The van der Waals surface area contributed by atoms with E-state index in [1.807, 2.05) is 44.2 Å². The lowest BCUT2D eigenvalue weighted by atomic mass is 9.98. The van der Waals surface area contributed by atoms with Crippen molar-refractivity contribution in [2.75, 3.05) is 23.4 Å². The highest BCUT2D eigenvalue weighted by Gasteiger charge is 2.27. The van der Waals surface area contributed by atoms with Crippen LogP contribution in [0.3, 0.4) is 0 Å². The van der Waals surface area contributed by atoms with Crippen molar-refractivity contribution in [3.05, 3.63) is 54.1 Å². The van der Waals surface area contributed by atoms with Crippen molar-refractivity contribution in [1.29, 1.82) is 0 Å². The van der Waals surface area contributed by atoms with E-state index in [1.165, 1.54) is 19.2 Å². The smallest absolute Gasteiger partial charge is 0.408 e. The maximum atomic E-state index is 12.9. The number of sulfonamides is 1. The van der Waals surface area contributed by atoms with Crippen LogP contribution in [-0.2, 0) is 26.2 Å². The number of anilines is 2. The van der Waals surface area contributed by atoms with Gasteiger partial charge >= 0.3 is 6.09 Å². The minimum absolute atomic E-state index is 0.0838. The van der Waals surface area contributed by atoms with Crippen LogP contribution in [0, 0.1) is 5.92 Å². The first kappa shape index (κ1) is 25.0. The summed E-state index contributed by atoms with van der Waals surface area (Å²) in [5.74, 6) is -0.327. The number of benzene rings is 2. The Kier molecular flexibility index (Phi) is 8.89. The molecule has 2 atom stereocenters. The summed E-state index contributed by atoms with van der Waals surface area (Å²) in [4.78, 5) is 25.2. The molecule has 9 nitrogen and oxygen atoms in total. The van der Waals surface area contributed by atoms with Gasteiger partial charge < -0.3 is 20.1 Å². The highest BCUT2D eigenvalue weighted by atomic mass is 32.2. The SMILES string of the molecule is CC[C@H](C)[C@H](NC(=O)OCc1ccccc1)C(=O)Nc1ccc(OC)c(NS(C)(=O)=O)c1. The first-order valence-corrected chi connectivity index (χ1v) is 12.0. The second kappa shape index (κ2) is 11.4. The van der Waals surface area contributed by atoms with Crippen LogP contribution < -0.4 is 20.1 Å². The lowest BCUT2D eigenvalue weighted by molar-refractivity contribution is -0.119.